The van der Waals surface area contributed by atoms with Gasteiger partial charge in [0.25, 0.3) is 0 Å². The van der Waals surface area contributed by atoms with E-state index in [1.807, 2.05) is 18.2 Å². The van der Waals surface area contributed by atoms with Crippen LogP contribution in [0, 0.1) is 11.3 Å². The predicted molar refractivity (Wildman–Crippen MR) is 75.6 cm³/mol. The van der Waals surface area contributed by atoms with E-state index in [2.05, 4.69) is 35.1 Å². The standard InChI is InChI=1S/C16H13N3/c1-2-11-5-8-14-15(9-11)19-16(18-14)13-6-3-12(10-17)4-7-13/h3-9H,2H2,1H3,(H,18,19). The molecule has 0 spiro atoms. The molecule has 0 radical (unpaired) electrons. The van der Waals surface area contributed by atoms with Crippen molar-refractivity contribution in [2.24, 2.45) is 0 Å². The summed E-state index contributed by atoms with van der Waals surface area (Å²) >= 11 is 0. The maximum absolute atomic E-state index is 8.80. The summed E-state index contributed by atoms with van der Waals surface area (Å²) in [6.07, 6.45) is 1.02. The Bertz CT molecular complexity index is 761. The largest absolute Gasteiger partial charge is 0.338 e. The number of benzene rings is 2. The molecule has 2 aromatic carbocycles. The molecule has 0 aliphatic carbocycles. The Kier molecular flexibility index (Phi) is 2.77. The lowest BCUT2D eigenvalue weighted by atomic mass is 10.1. The fourth-order valence-electron chi connectivity index (χ4n) is 2.12. The van der Waals surface area contributed by atoms with Gasteiger partial charge in [-0.2, -0.15) is 5.26 Å². The number of aromatic amines is 1. The zero-order valence-corrected chi connectivity index (χ0v) is 10.6. The molecule has 3 rings (SSSR count). The summed E-state index contributed by atoms with van der Waals surface area (Å²) in [6.45, 7) is 2.14. The number of imidazole rings is 1. The number of aryl methyl sites for hydroxylation is 1. The number of hydrogen-bond donors (Lipinski definition) is 1. The monoisotopic (exact) mass is 247 g/mol. The van der Waals surface area contributed by atoms with Gasteiger partial charge >= 0.3 is 0 Å². The third-order valence-corrected chi connectivity index (χ3v) is 3.24. The summed E-state index contributed by atoms with van der Waals surface area (Å²) in [7, 11) is 0. The van der Waals surface area contributed by atoms with Crippen molar-refractivity contribution < 1.29 is 0 Å². The normalized spacial score (nSPS) is 10.5. The first-order valence-corrected chi connectivity index (χ1v) is 6.29. The molecular formula is C16H13N3. The minimum Gasteiger partial charge on any atom is -0.338 e. The van der Waals surface area contributed by atoms with Crippen molar-refractivity contribution >= 4 is 11.0 Å². The van der Waals surface area contributed by atoms with Gasteiger partial charge in [-0.3, -0.25) is 0 Å². The molecule has 1 aromatic heterocycles. The van der Waals surface area contributed by atoms with Crippen molar-refractivity contribution in [1.82, 2.24) is 9.97 Å². The summed E-state index contributed by atoms with van der Waals surface area (Å²) < 4.78 is 0. The smallest absolute Gasteiger partial charge is 0.138 e. The van der Waals surface area contributed by atoms with Gasteiger partial charge in [-0.25, -0.2) is 4.98 Å². The van der Waals surface area contributed by atoms with Crippen LogP contribution in [-0.4, -0.2) is 9.97 Å². The molecule has 0 saturated carbocycles. The Labute approximate surface area is 111 Å². The highest BCUT2D eigenvalue weighted by atomic mass is 14.9. The van der Waals surface area contributed by atoms with E-state index in [0.29, 0.717) is 5.56 Å². The fraction of sp³-hybridized carbons (Fsp3) is 0.125. The lowest BCUT2D eigenvalue weighted by Crippen LogP contribution is -1.80. The average Bonchev–Trinajstić information content (AvgIpc) is 2.90. The van der Waals surface area contributed by atoms with Crippen LogP contribution in [0.5, 0.6) is 0 Å². The fourth-order valence-corrected chi connectivity index (χ4v) is 2.12. The Morgan fingerprint density at radius 1 is 1.16 bits per heavy atom. The van der Waals surface area contributed by atoms with E-state index >= 15 is 0 Å². The third kappa shape index (κ3) is 2.09. The highest BCUT2D eigenvalue weighted by Crippen LogP contribution is 2.21. The van der Waals surface area contributed by atoms with Gasteiger partial charge in [0.2, 0.25) is 0 Å². The van der Waals surface area contributed by atoms with Gasteiger partial charge in [0.15, 0.2) is 0 Å². The first-order valence-electron chi connectivity index (χ1n) is 6.29. The molecule has 3 nitrogen and oxygen atoms in total. The van der Waals surface area contributed by atoms with Gasteiger partial charge in [-0.1, -0.05) is 13.0 Å². The number of nitrogens with zero attached hydrogens (tertiary/aromatic N) is 2. The molecule has 0 saturated heterocycles. The number of nitriles is 1. The molecule has 0 unspecified atom stereocenters. The molecule has 0 amide bonds. The van der Waals surface area contributed by atoms with Crippen LogP contribution in [-0.2, 0) is 6.42 Å². The quantitative estimate of drug-likeness (QED) is 0.751. The van der Waals surface area contributed by atoms with Crippen LogP contribution < -0.4 is 0 Å². The molecule has 3 aromatic rings. The number of fused-ring (bicyclic) bond motifs is 1. The van der Waals surface area contributed by atoms with E-state index in [4.69, 9.17) is 5.26 Å². The topological polar surface area (TPSA) is 52.5 Å². The zero-order chi connectivity index (χ0) is 13.2. The van der Waals surface area contributed by atoms with E-state index < -0.39 is 0 Å². The maximum Gasteiger partial charge on any atom is 0.138 e. The molecule has 0 bridgehead atoms. The first kappa shape index (κ1) is 11.5. The number of aromatic nitrogens is 2. The van der Waals surface area contributed by atoms with Crippen LogP contribution in [0.3, 0.4) is 0 Å². The van der Waals surface area contributed by atoms with Crippen LogP contribution in [0.25, 0.3) is 22.4 Å². The summed E-state index contributed by atoms with van der Waals surface area (Å²) in [5.74, 6) is 0.841. The van der Waals surface area contributed by atoms with Crippen molar-refractivity contribution in [1.29, 1.82) is 5.26 Å². The Morgan fingerprint density at radius 3 is 2.63 bits per heavy atom. The highest BCUT2D eigenvalue weighted by Gasteiger charge is 2.05. The number of H-pyrrole nitrogens is 1. The van der Waals surface area contributed by atoms with Crippen molar-refractivity contribution in [2.45, 2.75) is 13.3 Å². The van der Waals surface area contributed by atoms with Gasteiger partial charge in [-0.15, -0.1) is 0 Å². The van der Waals surface area contributed by atoms with Crippen molar-refractivity contribution in [3.05, 3.63) is 53.6 Å². The average molecular weight is 247 g/mol. The van der Waals surface area contributed by atoms with E-state index in [1.165, 1.54) is 5.56 Å². The van der Waals surface area contributed by atoms with Gasteiger partial charge in [-0.05, 0) is 48.4 Å². The Hall–Kier alpha value is -2.60. The minimum atomic E-state index is 0.660. The highest BCUT2D eigenvalue weighted by molar-refractivity contribution is 5.80. The van der Waals surface area contributed by atoms with E-state index in [-0.39, 0.29) is 0 Å². The van der Waals surface area contributed by atoms with Crippen molar-refractivity contribution in [2.75, 3.05) is 0 Å². The molecule has 0 fully saturated rings. The molecule has 92 valence electrons. The van der Waals surface area contributed by atoms with E-state index in [0.717, 1.165) is 28.8 Å². The summed E-state index contributed by atoms with van der Waals surface area (Å²) in [4.78, 5) is 7.91. The van der Waals surface area contributed by atoms with Gasteiger partial charge in [0.1, 0.15) is 5.82 Å². The molecule has 19 heavy (non-hydrogen) atoms. The predicted octanol–water partition coefficient (Wildman–Crippen LogP) is 3.66. The van der Waals surface area contributed by atoms with Crippen LogP contribution in [0.15, 0.2) is 42.5 Å². The van der Waals surface area contributed by atoms with Gasteiger partial charge in [0.05, 0.1) is 22.7 Å². The molecule has 0 aliphatic heterocycles. The molecule has 3 heteroatoms. The third-order valence-electron chi connectivity index (χ3n) is 3.24. The van der Waals surface area contributed by atoms with Gasteiger partial charge < -0.3 is 4.98 Å². The second kappa shape index (κ2) is 4.58. The van der Waals surface area contributed by atoms with E-state index in [9.17, 15) is 0 Å². The van der Waals surface area contributed by atoms with Crippen molar-refractivity contribution in [3.8, 4) is 17.5 Å². The lowest BCUT2D eigenvalue weighted by molar-refractivity contribution is 1.14. The summed E-state index contributed by atoms with van der Waals surface area (Å²) in [5, 5.41) is 8.80. The molecule has 1 heterocycles. The van der Waals surface area contributed by atoms with Crippen LogP contribution in [0.2, 0.25) is 0 Å². The summed E-state index contributed by atoms with van der Waals surface area (Å²) in [5.41, 5.74) is 4.97. The molecule has 1 N–H and O–H groups in total. The van der Waals surface area contributed by atoms with E-state index in [1.54, 1.807) is 12.1 Å². The molecule has 0 aliphatic rings. The minimum absolute atomic E-state index is 0.660. The SMILES string of the molecule is CCc1ccc2nc(-c3ccc(C#N)cc3)[nH]c2c1. The number of hydrogen-bond acceptors (Lipinski definition) is 2. The molecular weight excluding hydrogens is 234 g/mol. The van der Waals surface area contributed by atoms with Crippen molar-refractivity contribution in [3.63, 3.8) is 0 Å². The van der Waals surface area contributed by atoms with Gasteiger partial charge in [0, 0.05) is 5.56 Å². The Balaban J connectivity index is 2.07. The summed E-state index contributed by atoms with van der Waals surface area (Å²) in [6, 6.07) is 15.8. The molecule has 0 atom stereocenters. The Morgan fingerprint density at radius 2 is 1.95 bits per heavy atom. The first-order chi connectivity index (χ1) is 9.30. The second-order valence-electron chi connectivity index (χ2n) is 4.48. The number of rotatable bonds is 2. The van der Waals surface area contributed by atoms with Crippen LogP contribution in [0.4, 0.5) is 0 Å². The zero-order valence-electron chi connectivity index (χ0n) is 10.6. The number of nitrogens with one attached hydrogen (secondary N) is 1. The lowest BCUT2D eigenvalue weighted by Gasteiger charge is -1.95. The maximum atomic E-state index is 8.80. The van der Waals surface area contributed by atoms with Crippen LogP contribution in [0.1, 0.15) is 18.1 Å². The second-order valence-corrected chi connectivity index (χ2v) is 4.48. The van der Waals surface area contributed by atoms with Crippen LogP contribution >= 0.6 is 0 Å².